The lowest BCUT2D eigenvalue weighted by Crippen LogP contribution is -2.37. The molecule has 21 heavy (non-hydrogen) atoms. The van der Waals surface area contributed by atoms with E-state index in [1.165, 1.54) is 44.4 Å². The fraction of sp³-hybridized carbons (Fsp3) is 0.733. The van der Waals surface area contributed by atoms with Crippen molar-refractivity contribution >= 4 is 23.4 Å². The number of fused-ring (bicyclic) bond motifs is 2. The first-order valence-corrected chi connectivity index (χ1v) is 8.53. The summed E-state index contributed by atoms with van der Waals surface area (Å²) >= 11 is 5.65. The second-order valence-corrected chi connectivity index (χ2v) is 6.74. The van der Waals surface area contributed by atoms with Crippen LogP contribution in [-0.2, 0) is 6.54 Å². The maximum absolute atomic E-state index is 5.65. The molecule has 2 aliphatic rings. The molecule has 2 atom stereocenters. The molecule has 2 aromatic heterocycles. The van der Waals surface area contributed by atoms with E-state index in [9.17, 15) is 0 Å². The molecule has 6 heteroatoms. The minimum Gasteiger partial charge on any atom is -0.328 e. The van der Waals surface area contributed by atoms with Gasteiger partial charge < -0.3 is 4.98 Å². The van der Waals surface area contributed by atoms with E-state index in [0.29, 0.717) is 12.1 Å². The second-order valence-electron chi connectivity index (χ2n) is 6.36. The Morgan fingerprint density at radius 3 is 2.90 bits per heavy atom. The van der Waals surface area contributed by atoms with E-state index >= 15 is 0 Å². The van der Waals surface area contributed by atoms with E-state index in [4.69, 9.17) is 12.2 Å². The summed E-state index contributed by atoms with van der Waals surface area (Å²) in [4.78, 5) is 6.06. The summed E-state index contributed by atoms with van der Waals surface area (Å²) in [6.45, 7) is 7.56. The van der Waals surface area contributed by atoms with Crippen LogP contribution in [0.4, 0.5) is 0 Å². The number of hydrogen-bond donors (Lipinski definition) is 1. The predicted molar refractivity (Wildman–Crippen MR) is 86.2 cm³/mol. The third kappa shape index (κ3) is 1.92. The quantitative estimate of drug-likeness (QED) is 0.867. The number of H-pyrrole nitrogens is 1. The number of imidazole rings is 1. The summed E-state index contributed by atoms with van der Waals surface area (Å²) in [5, 5.41) is 4.65. The van der Waals surface area contributed by atoms with Gasteiger partial charge in [0.1, 0.15) is 5.52 Å². The first-order valence-electron chi connectivity index (χ1n) is 8.12. The Morgan fingerprint density at radius 1 is 1.24 bits per heavy atom. The summed E-state index contributed by atoms with van der Waals surface area (Å²) in [6, 6.07) is 1.16. The minimum absolute atomic E-state index is 0.507. The van der Waals surface area contributed by atoms with Crippen LogP contribution in [0.15, 0.2) is 0 Å². The van der Waals surface area contributed by atoms with Gasteiger partial charge in [0.2, 0.25) is 0 Å². The van der Waals surface area contributed by atoms with Crippen LogP contribution < -0.4 is 0 Å². The molecule has 2 aliphatic heterocycles. The lowest BCUT2D eigenvalue weighted by Gasteiger charge is -2.32. The zero-order valence-corrected chi connectivity index (χ0v) is 13.6. The highest BCUT2D eigenvalue weighted by atomic mass is 32.1. The van der Waals surface area contributed by atoms with Crippen molar-refractivity contribution < 1.29 is 0 Å². The molecular formula is C15H23N5S. The Morgan fingerprint density at radius 2 is 2.10 bits per heavy atom. The van der Waals surface area contributed by atoms with Crippen LogP contribution in [0.2, 0.25) is 0 Å². The lowest BCUT2D eigenvalue weighted by atomic mass is 9.99. The summed E-state index contributed by atoms with van der Waals surface area (Å²) < 4.78 is 5.33. The Labute approximate surface area is 129 Å². The van der Waals surface area contributed by atoms with E-state index in [-0.39, 0.29) is 0 Å². The van der Waals surface area contributed by atoms with Crippen LogP contribution in [-0.4, -0.2) is 43.4 Å². The zero-order chi connectivity index (χ0) is 14.6. The van der Waals surface area contributed by atoms with Gasteiger partial charge in [0.15, 0.2) is 10.4 Å². The molecular weight excluding hydrogens is 282 g/mol. The average molecular weight is 305 g/mol. The molecule has 0 saturated carbocycles. The van der Waals surface area contributed by atoms with Gasteiger partial charge in [-0.1, -0.05) is 6.42 Å². The molecule has 0 amide bonds. The molecule has 0 spiro atoms. The van der Waals surface area contributed by atoms with Gasteiger partial charge in [-0.3, -0.25) is 9.47 Å². The molecule has 0 aliphatic carbocycles. The second kappa shape index (κ2) is 4.95. The van der Waals surface area contributed by atoms with Gasteiger partial charge in [-0.15, -0.1) is 0 Å². The Hall–Kier alpha value is -1.14. The number of aromatic nitrogens is 4. The smallest absolute Gasteiger partial charge is 0.179 e. The number of nitrogens with zero attached hydrogens (tertiary/aromatic N) is 4. The summed E-state index contributed by atoms with van der Waals surface area (Å²) in [6.07, 6.45) is 5.21. The first kappa shape index (κ1) is 13.5. The standard InChI is InChI=1S/C15H23N5S/c1-3-19-14-13(10(2)17-19)16-15(21)20(14)12-7-9-18-8-5-4-6-11(12)18/h11-12H,3-9H2,1-2H3,(H,16,21). The molecule has 4 rings (SSSR count). The predicted octanol–water partition coefficient (Wildman–Crippen LogP) is 3.02. The number of piperidine rings is 1. The van der Waals surface area contributed by atoms with Crippen LogP contribution in [0.25, 0.3) is 11.2 Å². The van der Waals surface area contributed by atoms with Gasteiger partial charge in [-0.2, -0.15) is 5.10 Å². The van der Waals surface area contributed by atoms with Crippen molar-refractivity contribution in [1.29, 1.82) is 0 Å². The van der Waals surface area contributed by atoms with E-state index in [1.54, 1.807) is 0 Å². The average Bonchev–Trinajstić information content (AvgIpc) is 3.13. The van der Waals surface area contributed by atoms with Crippen molar-refractivity contribution in [1.82, 2.24) is 24.2 Å². The number of hydrogen-bond acceptors (Lipinski definition) is 3. The fourth-order valence-electron chi connectivity index (χ4n) is 4.27. The van der Waals surface area contributed by atoms with Crippen LogP contribution >= 0.6 is 12.2 Å². The minimum atomic E-state index is 0.507. The molecule has 2 unspecified atom stereocenters. The Balaban J connectivity index is 1.86. The lowest BCUT2D eigenvalue weighted by molar-refractivity contribution is 0.174. The SMILES string of the molecule is CCn1nc(C)c2[nH]c(=S)n(C3CCN4CCCCC34)c21. The molecule has 0 radical (unpaired) electrons. The number of aromatic amines is 1. The number of rotatable bonds is 2. The molecule has 114 valence electrons. The summed E-state index contributed by atoms with van der Waals surface area (Å²) in [5.41, 5.74) is 3.36. The van der Waals surface area contributed by atoms with Gasteiger partial charge in [-0.05, 0) is 51.9 Å². The van der Waals surface area contributed by atoms with Gasteiger partial charge in [0.05, 0.1) is 11.7 Å². The third-order valence-electron chi connectivity index (χ3n) is 5.23. The molecule has 2 aromatic rings. The van der Waals surface area contributed by atoms with Gasteiger partial charge >= 0.3 is 0 Å². The maximum atomic E-state index is 5.65. The maximum Gasteiger partial charge on any atom is 0.179 e. The van der Waals surface area contributed by atoms with Crippen LogP contribution in [0.1, 0.15) is 44.3 Å². The highest BCUT2D eigenvalue weighted by Gasteiger charge is 2.38. The fourth-order valence-corrected chi connectivity index (χ4v) is 4.60. The van der Waals surface area contributed by atoms with Crippen molar-refractivity contribution in [3.8, 4) is 0 Å². The van der Waals surface area contributed by atoms with Gasteiger partial charge in [-0.25, -0.2) is 4.68 Å². The molecule has 4 heterocycles. The molecule has 2 saturated heterocycles. The van der Waals surface area contributed by atoms with Crippen molar-refractivity contribution in [3.05, 3.63) is 10.5 Å². The van der Waals surface area contributed by atoms with E-state index in [1.807, 2.05) is 0 Å². The Kier molecular flexibility index (Phi) is 3.19. The van der Waals surface area contributed by atoms with Crippen molar-refractivity contribution in [3.63, 3.8) is 0 Å². The third-order valence-corrected chi connectivity index (χ3v) is 5.53. The molecule has 2 fully saturated rings. The monoisotopic (exact) mass is 305 g/mol. The van der Waals surface area contributed by atoms with Crippen molar-refractivity contribution in [2.75, 3.05) is 13.1 Å². The molecule has 5 nitrogen and oxygen atoms in total. The largest absolute Gasteiger partial charge is 0.328 e. The van der Waals surface area contributed by atoms with E-state index < -0.39 is 0 Å². The van der Waals surface area contributed by atoms with Crippen LogP contribution in [0, 0.1) is 11.7 Å². The van der Waals surface area contributed by atoms with Crippen molar-refractivity contribution in [2.24, 2.45) is 0 Å². The summed E-state index contributed by atoms with van der Waals surface area (Å²) in [7, 11) is 0. The first-order chi connectivity index (χ1) is 10.2. The topological polar surface area (TPSA) is 41.8 Å². The van der Waals surface area contributed by atoms with Gasteiger partial charge in [0.25, 0.3) is 0 Å². The summed E-state index contributed by atoms with van der Waals surface area (Å²) in [5.74, 6) is 0. The molecule has 1 N–H and O–H groups in total. The highest BCUT2D eigenvalue weighted by molar-refractivity contribution is 7.71. The van der Waals surface area contributed by atoms with Gasteiger partial charge in [0, 0.05) is 19.1 Å². The normalized spacial score (nSPS) is 26.6. The van der Waals surface area contributed by atoms with Crippen LogP contribution in [0.5, 0.6) is 0 Å². The number of nitrogens with one attached hydrogen (secondary N) is 1. The zero-order valence-electron chi connectivity index (χ0n) is 12.8. The highest BCUT2D eigenvalue weighted by Crippen LogP contribution is 2.37. The van der Waals surface area contributed by atoms with Crippen molar-refractivity contribution in [2.45, 2.75) is 58.2 Å². The van der Waals surface area contributed by atoms with Crippen LogP contribution in [0.3, 0.4) is 0 Å². The number of aryl methyl sites for hydroxylation is 2. The Bertz CT molecular complexity index is 724. The van der Waals surface area contributed by atoms with E-state index in [2.05, 4.69) is 38.1 Å². The molecule has 0 bridgehead atoms. The molecule has 0 aromatic carbocycles. The van der Waals surface area contributed by atoms with E-state index in [0.717, 1.165) is 22.5 Å².